The Labute approximate surface area is 178 Å². The highest BCUT2D eigenvalue weighted by molar-refractivity contribution is 9.10. The summed E-state index contributed by atoms with van der Waals surface area (Å²) in [4.78, 5) is 54.6. The number of primary amides is 1. The zero-order valence-corrected chi connectivity index (χ0v) is 17.2. The van der Waals surface area contributed by atoms with Gasteiger partial charge in [0.25, 0.3) is 5.91 Å². The van der Waals surface area contributed by atoms with E-state index >= 15 is 0 Å². The van der Waals surface area contributed by atoms with E-state index in [2.05, 4.69) is 41.2 Å². The maximum absolute atomic E-state index is 13.0. The molecule has 0 atom stereocenters. The molecule has 1 aliphatic rings. The van der Waals surface area contributed by atoms with E-state index in [0.29, 0.717) is 21.5 Å². The maximum Gasteiger partial charge on any atom is 0.268 e. The topological polar surface area (TPSA) is 149 Å². The van der Waals surface area contributed by atoms with Gasteiger partial charge in [-0.1, -0.05) is 0 Å². The van der Waals surface area contributed by atoms with Gasteiger partial charge in [0.05, 0.1) is 17.8 Å². The number of rotatable bonds is 7. The molecule has 0 radical (unpaired) electrons. The van der Waals surface area contributed by atoms with Crippen LogP contribution < -0.4 is 11.1 Å². The number of nitrogens with two attached hydrogens (primary N) is 1. The molecule has 3 aromatic rings. The van der Waals surface area contributed by atoms with Crippen LogP contribution in [0.25, 0.3) is 11.0 Å². The maximum atomic E-state index is 13.0. The smallest absolute Gasteiger partial charge is 0.268 e. The van der Waals surface area contributed by atoms with Gasteiger partial charge in [-0.3, -0.25) is 19.4 Å². The number of amides is 3. The first-order chi connectivity index (χ1) is 14.4. The molecular formula is C18H17BrN8O3. The number of anilines is 1. The van der Waals surface area contributed by atoms with Crippen LogP contribution >= 0.6 is 15.9 Å². The van der Waals surface area contributed by atoms with Crippen LogP contribution in [0.4, 0.5) is 5.82 Å². The molecule has 1 fully saturated rings. The molecule has 1 aliphatic carbocycles. The Morgan fingerprint density at radius 1 is 1.27 bits per heavy atom. The van der Waals surface area contributed by atoms with Crippen LogP contribution in [0.2, 0.25) is 0 Å². The van der Waals surface area contributed by atoms with E-state index in [0.717, 1.165) is 12.8 Å². The summed E-state index contributed by atoms with van der Waals surface area (Å²) in [5, 5.41) is 3.12. The molecule has 0 bridgehead atoms. The third-order valence-corrected chi connectivity index (χ3v) is 4.97. The fraction of sp³-hybridized carbons (Fsp3) is 0.278. The van der Waals surface area contributed by atoms with E-state index in [4.69, 9.17) is 5.73 Å². The zero-order valence-electron chi connectivity index (χ0n) is 15.7. The molecule has 30 heavy (non-hydrogen) atoms. The summed E-state index contributed by atoms with van der Waals surface area (Å²) in [6.45, 7) is -0.127. The molecule has 3 aromatic heterocycles. The molecular weight excluding hydrogens is 456 g/mol. The summed E-state index contributed by atoms with van der Waals surface area (Å²) in [6, 6.07) is 1.66. The molecule has 11 nitrogen and oxygen atoms in total. The molecule has 3 amide bonds. The molecule has 4 rings (SSSR count). The molecule has 0 aliphatic heterocycles. The lowest BCUT2D eigenvalue weighted by atomic mass is 10.3. The molecule has 12 heteroatoms. The van der Waals surface area contributed by atoms with E-state index in [-0.39, 0.29) is 36.6 Å². The minimum atomic E-state index is -0.668. The van der Waals surface area contributed by atoms with Gasteiger partial charge in [-0.25, -0.2) is 15.0 Å². The van der Waals surface area contributed by atoms with Gasteiger partial charge in [-0.15, -0.1) is 0 Å². The van der Waals surface area contributed by atoms with Crippen LogP contribution in [0.15, 0.2) is 35.6 Å². The third-order valence-electron chi connectivity index (χ3n) is 4.59. The number of nitrogens with zero attached hydrogens (tertiary/aromatic N) is 6. The van der Waals surface area contributed by atoms with Crippen LogP contribution in [0.3, 0.4) is 0 Å². The first kappa shape index (κ1) is 19.9. The van der Waals surface area contributed by atoms with E-state index in [1.165, 1.54) is 18.7 Å². The molecule has 0 saturated heterocycles. The molecule has 3 N–H and O–H groups in total. The quantitative estimate of drug-likeness (QED) is 0.513. The lowest BCUT2D eigenvalue weighted by molar-refractivity contribution is -0.135. The van der Waals surface area contributed by atoms with Crippen molar-refractivity contribution in [1.29, 1.82) is 0 Å². The number of carbonyl (C=O) groups excluding carboxylic acids is 3. The van der Waals surface area contributed by atoms with E-state index in [9.17, 15) is 14.4 Å². The van der Waals surface area contributed by atoms with Crippen molar-refractivity contribution in [1.82, 2.24) is 29.4 Å². The highest BCUT2D eigenvalue weighted by Crippen LogP contribution is 2.27. The van der Waals surface area contributed by atoms with Gasteiger partial charge in [0, 0.05) is 12.2 Å². The second-order valence-corrected chi connectivity index (χ2v) is 7.61. The predicted octanol–water partition coefficient (Wildman–Crippen LogP) is 0.712. The highest BCUT2D eigenvalue weighted by Gasteiger charge is 2.34. The van der Waals surface area contributed by atoms with Gasteiger partial charge in [0.2, 0.25) is 11.8 Å². The van der Waals surface area contributed by atoms with E-state index < -0.39 is 5.91 Å². The Morgan fingerprint density at radius 2 is 2.07 bits per heavy atom. The molecule has 3 heterocycles. The Kier molecular flexibility index (Phi) is 5.40. The van der Waals surface area contributed by atoms with Crippen molar-refractivity contribution in [2.75, 3.05) is 11.9 Å². The molecule has 154 valence electrons. The number of halogens is 1. The molecule has 1 saturated carbocycles. The molecule has 0 spiro atoms. The standard InChI is InChI=1S/C18H17BrN8O3/c19-12-5-21-6-13(24-12)25-14(28)7-27(10-1-2-10)15(29)8-26-4-3-11-16(17(20)30)22-9-23-18(11)26/h3-6,9-10H,1-2,7-8H2,(H2,20,30)(H,24,25,28). The summed E-state index contributed by atoms with van der Waals surface area (Å²) < 4.78 is 2.10. The van der Waals surface area contributed by atoms with Gasteiger partial charge >= 0.3 is 0 Å². The van der Waals surface area contributed by atoms with Gasteiger partial charge in [-0.2, -0.15) is 0 Å². The largest absolute Gasteiger partial charge is 0.364 e. The van der Waals surface area contributed by atoms with Crippen molar-refractivity contribution in [3.8, 4) is 0 Å². The summed E-state index contributed by atoms with van der Waals surface area (Å²) in [5.41, 5.74) is 5.87. The van der Waals surface area contributed by atoms with Crippen LogP contribution in [0.5, 0.6) is 0 Å². The van der Waals surface area contributed by atoms with Crippen molar-refractivity contribution >= 4 is 50.5 Å². The third kappa shape index (κ3) is 4.27. The van der Waals surface area contributed by atoms with Crippen LogP contribution in [-0.4, -0.2) is 59.7 Å². The van der Waals surface area contributed by atoms with E-state index in [1.807, 2.05) is 0 Å². The van der Waals surface area contributed by atoms with Gasteiger partial charge in [-0.05, 0) is 34.8 Å². The number of fused-ring (bicyclic) bond motifs is 1. The lowest BCUT2D eigenvalue weighted by Crippen LogP contribution is -2.41. The van der Waals surface area contributed by atoms with E-state index in [1.54, 1.807) is 21.7 Å². The number of hydrogen-bond donors (Lipinski definition) is 2. The zero-order chi connectivity index (χ0) is 21.3. The highest BCUT2D eigenvalue weighted by atomic mass is 79.9. The van der Waals surface area contributed by atoms with Crippen LogP contribution in [0, 0.1) is 0 Å². The minimum Gasteiger partial charge on any atom is -0.364 e. The van der Waals surface area contributed by atoms with Gasteiger partial charge < -0.3 is 20.5 Å². The lowest BCUT2D eigenvalue weighted by Gasteiger charge is -2.22. The summed E-state index contributed by atoms with van der Waals surface area (Å²) >= 11 is 3.19. The summed E-state index contributed by atoms with van der Waals surface area (Å²) in [5.74, 6) is -0.967. The Bertz CT molecular complexity index is 1140. The minimum absolute atomic E-state index is 0.0227. The first-order valence-corrected chi connectivity index (χ1v) is 9.88. The van der Waals surface area contributed by atoms with Crippen molar-refractivity contribution in [3.63, 3.8) is 0 Å². The summed E-state index contributed by atoms with van der Waals surface area (Å²) in [7, 11) is 0. The molecule has 0 aromatic carbocycles. The first-order valence-electron chi connectivity index (χ1n) is 9.09. The summed E-state index contributed by atoms with van der Waals surface area (Å²) in [6.07, 6.45) is 7.49. The Balaban J connectivity index is 1.48. The van der Waals surface area contributed by atoms with Gasteiger partial charge in [0.1, 0.15) is 35.4 Å². The fourth-order valence-electron chi connectivity index (χ4n) is 3.11. The van der Waals surface area contributed by atoms with Crippen molar-refractivity contribution in [2.45, 2.75) is 25.4 Å². The second-order valence-electron chi connectivity index (χ2n) is 6.80. The predicted molar refractivity (Wildman–Crippen MR) is 109 cm³/mol. The van der Waals surface area contributed by atoms with Crippen molar-refractivity contribution in [3.05, 3.63) is 41.3 Å². The fourth-order valence-corrected chi connectivity index (χ4v) is 3.42. The van der Waals surface area contributed by atoms with Gasteiger partial charge in [0.15, 0.2) is 5.82 Å². The Hall–Kier alpha value is -3.41. The number of aromatic nitrogens is 5. The second kappa shape index (κ2) is 8.14. The van der Waals surface area contributed by atoms with Crippen molar-refractivity contribution < 1.29 is 14.4 Å². The van der Waals surface area contributed by atoms with Crippen LogP contribution in [-0.2, 0) is 16.1 Å². The molecule has 0 unspecified atom stereocenters. The SMILES string of the molecule is NC(=O)c1ncnc2c1ccn2CC(=O)N(CC(=O)Nc1cncc(Br)n1)C1CC1. The van der Waals surface area contributed by atoms with Crippen LogP contribution in [0.1, 0.15) is 23.3 Å². The monoisotopic (exact) mass is 472 g/mol. The van der Waals surface area contributed by atoms with Crippen molar-refractivity contribution in [2.24, 2.45) is 5.73 Å². The number of nitrogens with one attached hydrogen (secondary N) is 1. The Morgan fingerprint density at radius 3 is 2.77 bits per heavy atom. The average molecular weight is 473 g/mol. The number of hydrogen-bond acceptors (Lipinski definition) is 7. The average Bonchev–Trinajstić information content (AvgIpc) is 3.46. The normalized spacial score (nSPS) is 13.2. The number of carbonyl (C=O) groups is 3.